The summed E-state index contributed by atoms with van der Waals surface area (Å²) >= 11 is 0. The summed E-state index contributed by atoms with van der Waals surface area (Å²) in [6, 6.07) is 6.72. The number of hydrogen-bond donors (Lipinski definition) is 5. The first-order valence-electron chi connectivity index (χ1n) is 16.5. The monoisotopic (exact) mass is 818 g/mol. The molecule has 0 bridgehead atoms. The molecule has 21 heteroatoms. The number of carbonyl (C=O) groups is 6. The average Bonchev–Trinajstić information content (AvgIpc) is 3.07. The molecule has 0 aromatic heterocycles. The van der Waals surface area contributed by atoms with Gasteiger partial charge in [-0.3, -0.25) is 9.69 Å². The van der Waals surface area contributed by atoms with Crippen LogP contribution >= 0.6 is 24.8 Å². The predicted octanol–water partition coefficient (Wildman–Crippen LogP) is -2.25. The van der Waals surface area contributed by atoms with E-state index in [1.54, 1.807) is 41.5 Å². The van der Waals surface area contributed by atoms with Crippen LogP contribution in [-0.4, -0.2) is 149 Å². The molecule has 0 spiro atoms. The molecule has 1 aromatic carbocycles. The van der Waals surface area contributed by atoms with E-state index in [1.165, 1.54) is 9.80 Å². The van der Waals surface area contributed by atoms with Crippen molar-refractivity contribution in [2.75, 3.05) is 58.9 Å². The van der Waals surface area contributed by atoms with Crippen molar-refractivity contribution in [3.8, 4) is 0 Å². The Morgan fingerprint density at radius 1 is 0.741 bits per heavy atom. The van der Waals surface area contributed by atoms with Crippen LogP contribution in [0.3, 0.4) is 0 Å². The van der Waals surface area contributed by atoms with Gasteiger partial charge in [0, 0.05) is 52.4 Å². The molecular formula is C33H53Cl2N6NaO12. The number of carboxylic acid groups (broad SMARTS) is 3. The number of benzene rings is 1. The molecule has 3 atom stereocenters. The molecule has 302 valence electrons. The molecule has 3 fully saturated rings. The molecule has 0 unspecified atom stereocenters. The number of ether oxygens (including phenoxy) is 3. The van der Waals surface area contributed by atoms with Gasteiger partial charge in [0.1, 0.15) is 23.9 Å². The van der Waals surface area contributed by atoms with Crippen LogP contribution in [0.1, 0.15) is 47.1 Å². The van der Waals surface area contributed by atoms with Crippen LogP contribution in [0.2, 0.25) is 0 Å². The third-order valence-corrected chi connectivity index (χ3v) is 7.21. The number of nitrogens with one attached hydrogen (secondary N) is 3. The normalized spacial score (nSPS) is 19.5. The van der Waals surface area contributed by atoms with Crippen molar-refractivity contribution in [1.82, 2.24) is 30.7 Å². The van der Waals surface area contributed by atoms with E-state index in [0.29, 0.717) is 19.6 Å². The Balaban J connectivity index is 0. The molecule has 0 radical (unpaired) electrons. The number of rotatable bonds is 5. The first kappa shape index (κ1) is 53.0. The molecule has 3 heterocycles. The molecule has 1 aromatic rings. The van der Waals surface area contributed by atoms with Crippen molar-refractivity contribution < 1.29 is 87.9 Å². The first-order valence-corrected chi connectivity index (χ1v) is 16.5. The number of hydrogen-bond acceptors (Lipinski definition) is 13. The molecule has 4 rings (SSSR count). The number of halogens is 2. The Bertz CT molecular complexity index is 1350. The minimum atomic E-state index is -1.20. The maximum atomic E-state index is 12.3. The first-order chi connectivity index (χ1) is 23.8. The minimum absolute atomic E-state index is 0. The Morgan fingerprint density at radius 3 is 1.72 bits per heavy atom. The summed E-state index contributed by atoms with van der Waals surface area (Å²) in [5, 5.41) is 37.1. The van der Waals surface area contributed by atoms with Crippen LogP contribution in [0.15, 0.2) is 30.3 Å². The second-order valence-corrected chi connectivity index (χ2v) is 13.8. The van der Waals surface area contributed by atoms with Gasteiger partial charge in [0.05, 0.1) is 18.6 Å². The van der Waals surface area contributed by atoms with Gasteiger partial charge in [-0.15, -0.1) is 24.8 Å². The topological polar surface area (TPSA) is 239 Å². The van der Waals surface area contributed by atoms with Crippen molar-refractivity contribution in [3.63, 3.8) is 0 Å². The summed E-state index contributed by atoms with van der Waals surface area (Å²) in [5.74, 6) is -3.18. The summed E-state index contributed by atoms with van der Waals surface area (Å²) in [5.41, 5.74) is -0.444. The fourth-order valence-corrected chi connectivity index (χ4v) is 4.74. The summed E-state index contributed by atoms with van der Waals surface area (Å²) in [7, 11) is 0. The van der Waals surface area contributed by atoms with Crippen molar-refractivity contribution in [3.05, 3.63) is 35.9 Å². The summed E-state index contributed by atoms with van der Waals surface area (Å²) in [6.07, 6.45) is -1.80. The van der Waals surface area contributed by atoms with Gasteiger partial charge in [-0.25, -0.2) is 19.2 Å². The molecule has 3 aliphatic rings. The van der Waals surface area contributed by atoms with E-state index in [4.69, 9.17) is 19.3 Å². The number of amides is 3. The van der Waals surface area contributed by atoms with Crippen LogP contribution in [0.4, 0.5) is 14.4 Å². The van der Waals surface area contributed by atoms with E-state index in [9.17, 15) is 39.0 Å². The Kier molecular flexibility index (Phi) is 24.7. The van der Waals surface area contributed by atoms with Gasteiger partial charge in [0.2, 0.25) is 0 Å². The van der Waals surface area contributed by atoms with Crippen molar-refractivity contribution in [2.45, 2.75) is 77.5 Å². The van der Waals surface area contributed by atoms with E-state index in [0.717, 1.165) is 23.6 Å². The van der Waals surface area contributed by atoms with E-state index in [-0.39, 0.29) is 87.2 Å². The molecule has 3 aliphatic heterocycles. The fraction of sp³-hybridized carbons (Fsp3) is 0.636. The Hall–Kier alpha value is -3.10. The largest absolute Gasteiger partial charge is 1.00 e. The van der Waals surface area contributed by atoms with Crippen LogP contribution in [0.5, 0.6) is 0 Å². The predicted molar refractivity (Wildman–Crippen MR) is 194 cm³/mol. The van der Waals surface area contributed by atoms with Gasteiger partial charge in [0.15, 0.2) is 6.04 Å². The summed E-state index contributed by atoms with van der Waals surface area (Å²) in [6.45, 7) is 13.7. The zero-order chi connectivity index (χ0) is 38.4. The van der Waals surface area contributed by atoms with Crippen molar-refractivity contribution in [2.24, 2.45) is 0 Å². The van der Waals surface area contributed by atoms with Gasteiger partial charge in [-0.2, -0.15) is 0 Å². The average molecular weight is 820 g/mol. The molecule has 3 amide bonds. The summed E-state index contributed by atoms with van der Waals surface area (Å²) in [4.78, 5) is 72.4. The molecular weight excluding hydrogens is 766 g/mol. The minimum Gasteiger partial charge on any atom is -0.548 e. The third kappa shape index (κ3) is 20.0. The molecule has 0 saturated carbocycles. The van der Waals surface area contributed by atoms with Crippen LogP contribution < -0.4 is 50.6 Å². The van der Waals surface area contributed by atoms with Gasteiger partial charge in [-0.1, -0.05) is 30.3 Å². The molecule has 5 N–H and O–H groups in total. The summed E-state index contributed by atoms with van der Waals surface area (Å²) < 4.78 is 15.6. The second-order valence-electron chi connectivity index (χ2n) is 13.8. The Labute approximate surface area is 350 Å². The van der Waals surface area contributed by atoms with E-state index in [2.05, 4.69) is 16.0 Å². The van der Waals surface area contributed by atoms with Gasteiger partial charge < -0.3 is 60.1 Å². The van der Waals surface area contributed by atoms with Gasteiger partial charge >= 0.3 is 59.8 Å². The standard InChI is InChI=1S/C18H24N2O6.C10H18N2O4.C5H10N2O2.2ClH.Na/c1-18(2,3)26-16(23)19-9-10-20(14(11-19)15(21)22)17(24)25-12-13-7-5-4-6-8-13;1-10(2,3)16-9(15)12-5-4-11-7(6-12)8(13)14;8-5(9)4-3-6-1-2-7-4;;;/h4-8,14H,9-12H2,1-3H3,(H,21,22);7,11H,4-6H2,1-3H3,(H,13,14);4,6-7H,1-3H2,(H,8,9);2*1H;/q;;;;;+1/p-1/t14-;7-;4-;;;/m111.../s1. The van der Waals surface area contributed by atoms with E-state index < -0.39 is 65.5 Å². The number of carboxylic acids is 3. The number of piperazine rings is 3. The number of aliphatic carboxylic acids is 3. The van der Waals surface area contributed by atoms with E-state index in [1.807, 2.05) is 30.3 Å². The Morgan fingerprint density at radius 2 is 1.28 bits per heavy atom. The molecule has 18 nitrogen and oxygen atoms in total. The maximum Gasteiger partial charge on any atom is 1.00 e. The zero-order valence-corrected chi connectivity index (χ0v) is 35.5. The van der Waals surface area contributed by atoms with Crippen LogP contribution in [0, 0.1) is 0 Å². The molecule has 54 heavy (non-hydrogen) atoms. The maximum absolute atomic E-state index is 12.3. The second kappa shape index (κ2) is 25.1. The smallest absolute Gasteiger partial charge is 0.548 e. The zero-order valence-electron chi connectivity index (χ0n) is 31.8. The van der Waals surface area contributed by atoms with Crippen molar-refractivity contribution >= 4 is 61.0 Å². The van der Waals surface area contributed by atoms with Crippen LogP contribution in [0.25, 0.3) is 0 Å². The SMILES string of the molecule is CC(C)(C)OC(=O)N1CCN(C(=O)OCc2ccccc2)[C@@H](C(=O)O)C1.CC(C)(C)OC(=O)N1CCN[C@@H](C(=O)[O-])C1.Cl.Cl.O=C(O)[C@H]1CNCCN1.[Na+]. The van der Waals surface area contributed by atoms with E-state index >= 15 is 0 Å². The number of nitrogens with zero attached hydrogens (tertiary/aromatic N) is 3. The van der Waals surface area contributed by atoms with Crippen molar-refractivity contribution in [1.29, 1.82) is 0 Å². The quantitative estimate of drug-likeness (QED) is 0.156. The molecule has 0 aliphatic carbocycles. The molecule has 3 saturated heterocycles. The van der Waals surface area contributed by atoms with Gasteiger partial charge in [-0.05, 0) is 47.1 Å². The van der Waals surface area contributed by atoms with Crippen LogP contribution in [-0.2, 0) is 35.2 Å². The number of carbonyl (C=O) groups excluding carboxylic acids is 4. The fourth-order valence-electron chi connectivity index (χ4n) is 4.74. The third-order valence-electron chi connectivity index (χ3n) is 7.21. The van der Waals surface area contributed by atoms with Gasteiger partial charge in [0.25, 0.3) is 0 Å².